The second-order valence-corrected chi connectivity index (χ2v) is 27.9. The molecule has 0 aromatic heterocycles. The molecular formula is C62H84Cl4N10O14S2. The number of amides is 6. The van der Waals surface area contributed by atoms with Crippen LogP contribution in [-0.2, 0) is 61.4 Å². The molecule has 2 aliphatic heterocycles. The Balaban J connectivity index is 0.603. The minimum absolute atomic E-state index is 0.0195. The lowest BCUT2D eigenvalue weighted by atomic mass is 10.1. The topological polar surface area (TPSA) is 277 Å². The molecule has 0 radical (unpaired) electrons. The van der Waals surface area contributed by atoms with Gasteiger partial charge in [0.1, 0.15) is 23.7 Å². The number of hydrogen-bond acceptors (Lipinski definition) is 16. The molecule has 2 saturated heterocycles. The maximum Gasteiger partial charge on any atom is 0.314 e. The van der Waals surface area contributed by atoms with Gasteiger partial charge >= 0.3 is 12.1 Å². The van der Waals surface area contributed by atoms with Crippen LogP contribution in [0, 0.1) is 13.8 Å². The van der Waals surface area contributed by atoms with E-state index in [1.54, 1.807) is 64.1 Å². The van der Waals surface area contributed by atoms with Gasteiger partial charge in [0.25, 0.3) is 0 Å². The minimum Gasteiger partial charge on any atom is -0.484 e. The molecule has 0 unspecified atom stereocenters. The Morgan fingerprint density at radius 3 is 1.37 bits per heavy atom. The van der Waals surface area contributed by atoms with Crippen molar-refractivity contribution in [1.29, 1.82) is 0 Å². The zero-order chi connectivity index (χ0) is 66.0. The molecule has 2 fully saturated rings. The third-order valence-corrected chi connectivity index (χ3v) is 20.7. The highest BCUT2D eigenvalue weighted by Crippen LogP contribution is 2.45. The lowest BCUT2D eigenvalue weighted by Crippen LogP contribution is -2.53. The van der Waals surface area contributed by atoms with Gasteiger partial charge in [-0.3, -0.25) is 19.4 Å². The van der Waals surface area contributed by atoms with Crippen molar-refractivity contribution >= 4 is 90.3 Å². The predicted molar refractivity (Wildman–Crippen MR) is 350 cm³/mol. The molecule has 4 atom stereocenters. The van der Waals surface area contributed by atoms with Crippen molar-refractivity contribution in [2.75, 3.05) is 144 Å². The van der Waals surface area contributed by atoms with E-state index >= 15 is 0 Å². The second kappa shape index (κ2) is 34.9. The first-order valence-corrected chi connectivity index (χ1v) is 35.4. The number of nitrogens with one attached hydrogen (secondary N) is 6. The van der Waals surface area contributed by atoms with E-state index in [0.717, 1.165) is 22.3 Å². The molecular weight excluding hydrogens is 1310 g/mol. The number of benzene rings is 4. The third kappa shape index (κ3) is 20.4. The lowest BCUT2D eigenvalue weighted by Gasteiger charge is -2.39. The van der Waals surface area contributed by atoms with Crippen LogP contribution in [-0.4, -0.2) is 217 Å². The van der Waals surface area contributed by atoms with Crippen LogP contribution < -0.4 is 40.2 Å². The van der Waals surface area contributed by atoms with Gasteiger partial charge in [0.05, 0.1) is 74.7 Å². The van der Waals surface area contributed by atoms with E-state index in [1.165, 1.54) is 12.1 Å². The SMILES string of the molecule is CC(=O)N1CCN([C@H]2Cc3c(Cl)cc(Cl)cc3[C@@H]2Oc2ccc(S(=O)(=O)NCCOCCOCCNC(=O)NCCCCNC(=O)NCCOCCOCCNS(=O)(=O)c3cccc(O[C@H]4c5cc(Cl)cc(Cl)c5C[C@@H]4N4CCN(C(C)=O)CC4)c3C)cc2C)CC1. The molecule has 6 N–H and O–H groups in total. The first-order chi connectivity index (χ1) is 44.1. The van der Waals surface area contributed by atoms with E-state index in [9.17, 15) is 36.0 Å². The highest BCUT2D eigenvalue weighted by atomic mass is 35.5. The minimum atomic E-state index is -3.95. The van der Waals surface area contributed by atoms with Crippen LogP contribution in [0.1, 0.15) is 72.3 Å². The molecule has 2 heterocycles. The summed E-state index contributed by atoms with van der Waals surface area (Å²) in [6.45, 7) is 14.7. The van der Waals surface area contributed by atoms with Crippen molar-refractivity contribution in [3.8, 4) is 11.5 Å². The Morgan fingerprint density at radius 2 is 0.924 bits per heavy atom. The molecule has 92 heavy (non-hydrogen) atoms. The zero-order valence-corrected chi connectivity index (χ0v) is 57.0. The Bertz CT molecular complexity index is 3420. The molecule has 4 aromatic rings. The molecule has 0 saturated carbocycles. The van der Waals surface area contributed by atoms with Crippen molar-refractivity contribution in [3.63, 3.8) is 0 Å². The van der Waals surface area contributed by atoms with Gasteiger partial charge in [0.15, 0.2) is 0 Å². The van der Waals surface area contributed by atoms with Gasteiger partial charge in [-0.05, 0) is 111 Å². The van der Waals surface area contributed by atoms with Crippen molar-refractivity contribution in [3.05, 3.63) is 114 Å². The van der Waals surface area contributed by atoms with E-state index < -0.39 is 32.3 Å². The van der Waals surface area contributed by atoms with Crippen LogP contribution in [0.5, 0.6) is 11.5 Å². The molecule has 0 spiro atoms. The molecule has 4 aromatic carbocycles. The number of halogens is 4. The molecule has 6 amide bonds. The standard InChI is InChI=1S/C62H84Cl4N10O14S2/c1-41-34-47(10-11-56(41)89-59-50-35-45(63)37-52(65)48(50)39-54(59)75-22-18-73(19-23-75)43(3)77)91(81,82)71-16-28-87-32-30-85-26-14-69-61(79)67-12-5-6-13-68-62(80)70-15-27-86-31-33-88-29-17-72-92(83,84)58-9-7-8-57(42(58)2)90-60-51-36-46(64)38-53(66)49(51)40-55(60)76-24-20-74(21-25-76)44(4)78/h7-11,34-38,54-55,59-60,71-72H,5-6,12-33,39-40H2,1-4H3,(H2,67,69,79)(H2,68,70,80)/t54-,55-,59-,60-/m0/s1. The lowest BCUT2D eigenvalue weighted by molar-refractivity contribution is -0.132. The summed E-state index contributed by atoms with van der Waals surface area (Å²) in [7, 11) is -7.81. The highest BCUT2D eigenvalue weighted by Gasteiger charge is 2.43. The number of fused-ring (bicyclic) bond motifs is 2. The smallest absolute Gasteiger partial charge is 0.314 e. The van der Waals surface area contributed by atoms with E-state index in [1.807, 2.05) is 21.9 Å². The predicted octanol–water partition coefficient (Wildman–Crippen LogP) is 6.04. The van der Waals surface area contributed by atoms with Gasteiger partial charge in [-0.25, -0.2) is 35.9 Å². The summed E-state index contributed by atoms with van der Waals surface area (Å²) in [4.78, 5) is 56.9. The fourth-order valence-electron chi connectivity index (χ4n) is 11.7. The van der Waals surface area contributed by atoms with Gasteiger partial charge in [-0.2, -0.15) is 0 Å². The summed E-state index contributed by atoms with van der Waals surface area (Å²) < 4.78 is 94.3. The average molecular weight is 1400 g/mol. The number of hydrogen-bond donors (Lipinski definition) is 6. The fraction of sp³-hybridized carbons (Fsp3) is 0.548. The number of urea groups is 2. The quantitative estimate of drug-likeness (QED) is 0.0297. The fourth-order valence-corrected chi connectivity index (χ4v) is 15.2. The number of sulfonamides is 2. The van der Waals surface area contributed by atoms with E-state index in [4.69, 9.17) is 74.8 Å². The first-order valence-electron chi connectivity index (χ1n) is 30.9. The van der Waals surface area contributed by atoms with Crippen molar-refractivity contribution in [1.82, 2.24) is 50.3 Å². The summed E-state index contributed by atoms with van der Waals surface area (Å²) in [6, 6.07) is 15.9. The van der Waals surface area contributed by atoms with E-state index in [-0.39, 0.29) is 125 Å². The Morgan fingerprint density at radius 1 is 0.500 bits per heavy atom. The Hall–Kier alpha value is -5.30. The maximum atomic E-state index is 13.5. The van der Waals surface area contributed by atoms with Crippen LogP contribution in [0.15, 0.2) is 70.5 Å². The normalized spacial score (nSPS) is 18.5. The van der Waals surface area contributed by atoms with Crippen LogP contribution in [0.4, 0.5) is 9.59 Å². The first kappa shape index (κ1) is 72.5. The van der Waals surface area contributed by atoms with Gasteiger partial charge in [-0.15, -0.1) is 0 Å². The Labute approximate surface area is 559 Å². The van der Waals surface area contributed by atoms with Gasteiger partial charge in [0, 0.05) is 142 Å². The van der Waals surface area contributed by atoms with Gasteiger partial charge < -0.3 is 59.5 Å². The number of carbonyl (C=O) groups excluding carboxylic acids is 4. The monoisotopic (exact) mass is 1400 g/mol. The molecule has 4 aliphatic rings. The van der Waals surface area contributed by atoms with Crippen LogP contribution in [0.2, 0.25) is 20.1 Å². The largest absolute Gasteiger partial charge is 0.484 e. The van der Waals surface area contributed by atoms with E-state index in [2.05, 4.69) is 40.5 Å². The van der Waals surface area contributed by atoms with Crippen LogP contribution >= 0.6 is 46.4 Å². The second-order valence-electron chi connectivity index (χ2n) is 22.7. The maximum absolute atomic E-state index is 13.5. The molecule has 24 nitrogen and oxygen atoms in total. The van der Waals surface area contributed by atoms with Crippen LogP contribution in [0.25, 0.3) is 0 Å². The summed E-state index contributed by atoms with van der Waals surface area (Å²) >= 11 is 26.3. The van der Waals surface area contributed by atoms with Gasteiger partial charge in [-0.1, -0.05) is 52.5 Å². The molecule has 30 heteroatoms. The number of aryl methyl sites for hydroxylation is 1. The Kier molecular flexibility index (Phi) is 27.5. The van der Waals surface area contributed by atoms with Crippen LogP contribution in [0.3, 0.4) is 0 Å². The summed E-state index contributed by atoms with van der Waals surface area (Å²) in [5.74, 6) is 1.02. The number of piperazine rings is 2. The number of carbonyl (C=O) groups is 4. The third-order valence-electron chi connectivity index (χ3n) is 16.5. The summed E-state index contributed by atoms with van der Waals surface area (Å²) in [5.41, 5.74) is 4.71. The van der Waals surface area contributed by atoms with Crippen molar-refractivity contribution < 1.29 is 64.4 Å². The molecule has 506 valence electrons. The van der Waals surface area contributed by atoms with Crippen molar-refractivity contribution in [2.45, 2.75) is 87.5 Å². The molecule has 2 aliphatic carbocycles. The zero-order valence-electron chi connectivity index (χ0n) is 52.3. The van der Waals surface area contributed by atoms with E-state index in [0.29, 0.717) is 134 Å². The molecule has 0 bridgehead atoms. The van der Waals surface area contributed by atoms with Gasteiger partial charge in [0.2, 0.25) is 31.9 Å². The number of ether oxygens (including phenoxy) is 6. The average Bonchev–Trinajstić information content (AvgIpc) is 1.61. The van der Waals surface area contributed by atoms with Crippen molar-refractivity contribution in [2.24, 2.45) is 0 Å². The molecule has 8 rings (SSSR count). The summed E-state index contributed by atoms with van der Waals surface area (Å²) in [6.07, 6.45) is 1.62. The highest BCUT2D eigenvalue weighted by molar-refractivity contribution is 7.89. The number of unbranched alkanes of at least 4 members (excludes halogenated alkanes) is 1. The number of rotatable bonds is 33. The number of nitrogens with zero attached hydrogens (tertiary/aromatic N) is 4. The summed E-state index contributed by atoms with van der Waals surface area (Å²) in [5, 5.41) is 13.0.